The van der Waals surface area contributed by atoms with Crippen LogP contribution in [0, 0.1) is 19.8 Å². The van der Waals surface area contributed by atoms with E-state index in [1.165, 1.54) is 0 Å². The molecule has 0 spiro atoms. The molecular weight excluding hydrogens is 290 g/mol. The minimum atomic E-state index is -0.294. The van der Waals surface area contributed by atoms with Crippen molar-refractivity contribution in [2.24, 2.45) is 5.92 Å². The van der Waals surface area contributed by atoms with Gasteiger partial charge in [0.15, 0.2) is 0 Å². The fourth-order valence-corrected chi connectivity index (χ4v) is 2.06. The Morgan fingerprint density at radius 1 is 1.00 bits per heavy atom. The van der Waals surface area contributed by atoms with Crippen molar-refractivity contribution >= 4 is 17.6 Å². The van der Waals surface area contributed by atoms with Crippen LogP contribution >= 0.6 is 0 Å². The predicted octanol–water partition coefficient (Wildman–Crippen LogP) is 4.12. The topological polar surface area (TPSA) is 55.4 Å². The number of hydrogen-bond acceptors (Lipinski definition) is 3. The molecule has 2 aromatic carbocycles. The lowest BCUT2D eigenvalue weighted by Crippen LogP contribution is -2.15. The molecule has 4 heteroatoms. The van der Waals surface area contributed by atoms with Crippen LogP contribution in [0.2, 0.25) is 0 Å². The zero-order valence-electron chi connectivity index (χ0n) is 13.8. The molecular formula is C19H21NO3. The zero-order chi connectivity index (χ0) is 17.0. The van der Waals surface area contributed by atoms with Crippen molar-refractivity contribution in [1.82, 2.24) is 0 Å². The lowest BCUT2D eigenvalue weighted by atomic mass is 10.1. The Morgan fingerprint density at radius 2 is 1.65 bits per heavy atom. The zero-order valence-corrected chi connectivity index (χ0v) is 13.8. The summed E-state index contributed by atoms with van der Waals surface area (Å²) in [6.45, 7) is 7.51. The molecule has 0 saturated heterocycles. The SMILES string of the molecule is Cc1ccc(NC(=O)c2ccc(OC(=O)C(C)C)cc2)c(C)c1. The van der Waals surface area contributed by atoms with E-state index in [1.54, 1.807) is 38.1 Å². The first-order chi connectivity index (χ1) is 10.9. The van der Waals surface area contributed by atoms with Gasteiger partial charge in [0, 0.05) is 11.3 Å². The van der Waals surface area contributed by atoms with E-state index in [4.69, 9.17) is 4.74 Å². The van der Waals surface area contributed by atoms with Gasteiger partial charge in [0.1, 0.15) is 5.75 Å². The highest BCUT2D eigenvalue weighted by molar-refractivity contribution is 6.04. The smallest absolute Gasteiger partial charge is 0.313 e. The van der Waals surface area contributed by atoms with Crippen molar-refractivity contribution in [2.45, 2.75) is 27.7 Å². The Balaban J connectivity index is 2.07. The van der Waals surface area contributed by atoms with Crippen LogP contribution in [-0.2, 0) is 4.79 Å². The molecule has 2 rings (SSSR count). The second-order valence-electron chi connectivity index (χ2n) is 5.87. The lowest BCUT2D eigenvalue weighted by Gasteiger charge is -2.10. The highest BCUT2D eigenvalue weighted by Crippen LogP contribution is 2.18. The third kappa shape index (κ3) is 4.42. The minimum absolute atomic E-state index is 0.192. The van der Waals surface area contributed by atoms with Crippen molar-refractivity contribution in [3.8, 4) is 5.75 Å². The number of anilines is 1. The molecule has 0 atom stereocenters. The van der Waals surface area contributed by atoms with Crippen molar-refractivity contribution in [3.63, 3.8) is 0 Å². The molecule has 0 unspecified atom stereocenters. The molecule has 0 heterocycles. The van der Waals surface area contributed by atoms with Crippen LogP contribution in [0.4, 0.5) is 5.69 Å². The van der Waals surface area contributed by atoms with Crippen molar-refractivity contribution in [3.05, 3.63) is 59.2 Å². The van der Waals surface area contributed by atoms with Crippen LogP contribution in [0.1, 0.15) is 35.3 Å². The summed E-state index contributed by atoms with van der Waals surface area (Å²) in [6, 6.07) is 12.4. The highest BCUT2D eigenvalue weighted by atomic mass is 16.5. The maximum Gasteiger partial charge on any atom is 0.313 e. The molecule has 120 valence electrons. The maximum absolute atomic E-state index is 12.3. The van der Waals surface area contributed by atoms with Gasteiger partial charge in [-0.1, -0.05) is 31.5 Å². The average Bonchev–Trinajstić information content (AvgIpc) is 2.50. The normalized spacial score (nSPS) is 10.5. The van der Waals surface area contributed by atoms with Gasteiger partial charge in [-0.3, -0.25) is 9.59 Å². The predicted molar refractivity (Wildman–Crippen MR) is 90.8 cm³/mol. The van der Waals surface area contributed by atoms with E-state index in [1.807, 2.05) is 32.0 Å². The molecule has 23 heavy (non-hydrogen) atoms. The number of aryl methyl sites for hydroxylation is 2. The number of rotatable bonds is 4. The van der Waals surface area contributed by atoms with Gasteiger partial charge in [-0.2, -0.15) is 0 Å². The summed E-state index contributed by atoms with van der Waals surface area (Å²) >= 11 is 0. The summed E-state index contributed by atoms with van der Waals surface area (Å²) < 4.78 is 5.19. The van der Waals surface area contributed by atoms with E-state index in [-0.39, 0.29) is 17.8 Å². The minimum Gasteiger partial charge on any atom is -0.426 e. The number of amides is 1. The van der Waals surface area contributed by atoms with Crippen LogP contribution in [-0.4, -0.2) is 11.9 Å². The van der Waals surface area contributed by atoms with Gasteiger partial charge < -0.3 is 10.1 Å². The Kier molecular flexibility index (Phi) is 5.16. The van der Waals surface area contributed by atoms with Crippen LogP contribution < -0.4 is 10.1 Å². The van der Waals surface area contributed by atoms with E-state index in [9.17, 15) is 9.59 Å². The second-order valence-corrected chi connectivity index (χ2v) is 5.87. The third-order valence-electron chi connectivity index (χ3n) is 3.44. The fourth-order valence-electron chi connectivity index (χ4n) is 2.06. The Morgan fingerprint density at radius 3 is 2.22 bits per heavy atom. The van der Waals surface area contributed by atoms with Gasteiger partial charge in [-0.25, -0.2) is 0 Å². The van der Waals surface area contributed by atoms with Gasteiger partial charge in [0.25, 0.3) is 5.91 Å². The number of ether oxygens (including phenoxy) is 1. The number of esters is 1. The molecule has 0 aliphatic carbocycles. The Hall–Kier alpha value is -2.62. The molecule has 4 nitrogen and oxygen atoms in total. The van der Waals surface area contributed by atoms with Crippen LogP contribution in [0.15, 0.2) is 42.5 Å². The van der Waals surface area contributed by atoms with Crippen molar-refractivity contribution < 1.29 is 14.3 Å². The third-order valence-corrected chi connectivity index (χ3v) is 3.44. The van der Waals surface area contributed by atoms with Gasteiger partial charge in [0.2, 0.25) is 0 Å². The lowest BCUT2D eigenvalue weighted by molar-refractivity contribution is -0.137. The average molecular weight is 311 g/mol. The van der Waals surface area contributed by atoms with Crippen LogP contribution in [0.3, 0.4) is 0 Å². The molecule has 0 aromatic heterocycles. The van der Waals surface area contributed by atoms with Gasteiger partial charge >= 0.3 is 5.97 Å². The molecule has 1 N–H and O–H groups in total. The largest absolute Gasteiger partial charge is 0.426 e. The first-order valence-electron chi connectivity index (χ1n) is 7.57. The number of hydrogen-bond donors (Lipinski definition) is 1. The second kappa shape index (κ2) is 7.09. The van der Waals surface area contributed by atoms with Crippen molar-refractivity contribution in [2.75, 3.05) is 5.32 Å². The molecule has 0 radical (unpaired) electrons. The van der Waals surface area contributed by atoms with E-state index < -0.39 is 0 Å². The summed E-state index contributed by atoms with van der Waals surface area (Å²) in [7, 11) is 0. The monoisotopic (exact) mass is 311 g/mol. The Labute approximate surface area is 136 Å². The Bertz CT molecular complexity index is 718. The van der Waals surface area contributed by atoms with Crippen molar-refractivity contribution in [1.29, 1.82) is 0 Å². The number of carbonyl (C=O) groups excluding carboxylic acids is 2. The summed E-state index contributed by atoms with van der Waals surface area (Å²) in [4.78, 5) is 23.8. The summed E-state index contributed by atoms with van der Waals surface area (Å²) in [5.74, 6) is -0.245. The van der Waals surface area contributed by atoms with E-state index in [2.05, 4.69) is 5.32 Å². The van der Waals surface area contributed by atoms with E-state index >= 15 is 0 Å². The number of nitrogens with one attached hydrogen (secondary N) is 1. The van der Waals surface area contributed by atoms with E-state index in [0.717, 1.165) is 16.8 Å². The standard InChI is InChI=1S/C19H21NO3/c1-12(2)19(22)23-16-8-6-15(7-9-16)18(21)20-17-10-5-13(3)11-14(17)4/h5-12H,1-4H3,(H,20,21). The molecule has 0 saturated carbocycles. The first-order valence-corrected chi connectivity index (χ1v) is 7.57. The molecule has 0 aliphatic rings. The molecule has 0 fully saturated rings. The number of benzene rings is 2. The summed E-state index contributed by atoms with van der Waals surface area (Å²) in [6.07, 6.45) is 0. The van der Waals surface area contributed by atoms with Gasteiger partial charge in [-0.15, -0.1) is 0 Å². The number of carbonyl (C=O) groups is 2. The van der Waals surface area contributed by atoms with Gasteiger partial charge in [0.05, 0.1) is 5.92 Å². The molecule has 0 aliphatic heterocycles. The fraction of sp³-hybridized carbons (Fsp3) is 0.263. The quantitative estimate of drug-likeness (QED) is 0.682. The molecule has 0 bridgehead atoms. The molecule has 2 aromatic rings. The van der Waals surface area contributed by atoms with Gasteiger partial charge in [-0.05, 0) is 49.7 Å². The summed E-state index contributed by atoms with van der Waals surface area (Å²) in [5, 5.41) is 2.89. The highest BCUT2D eigenvalue weighted by Gasteiger charge is 2.11. The summed E-state index contributed by atoms with van der Waals surface area (Å²) in [5.41, 5.74) is 3.46. The van der Waals surface area contributed by atoms with Crippen LogP contribution in [0.5, 0.6) is 5.75 Å². The molecule has 1 amide bonds. The first kappa shape index (κ1) is 16.7. The van der Waals surface area contributed by atoms with E-state index in [0.29, 0.717) is 11.3 Å². The van der Waals surface area contributed by atoms with Crippen LogP contribution in [0.25, 0.3) is 0 Å². The maximum atomic E-state index is 12.3.